The Morgan fingerprint density at radius 2 is 2.14 bits per heavy atom. The molecule has 1 unspecified atom stereocenters. The van der Waals surface area contributed by atoms with Gasteiger partial charge in [0.2, 0.25) is 0 Å². The highest BCUT2D eigenvalue weighted by molar-refractivity contribution is 5.80. The van der Waals surface area contributed by atoms with Crippen LogP contribution in [0.25, 0.3) is 10.4 Å². The Kier molecular flexibility index (Phi) is 7.29. The van der Waals surface area contributed by atoms with Gasteiger partial charge in [0.15, 0.2) is 0 Å². The van der Waals surface area contributed by atoms with Crippen molar-refractivity contribution in [3.8, 4) is 0 Å². The maximum atomic E-state index is 12.2. The quantitative estimate of drug-likeness (QED) is 0.249. The Balaban J connectivity index is 2.66. The van der Waals surface area contributed by atoms with Gasteiger partial charge in [-0.25, -0.2) is 0 Å². The summed E-state index contributed by atoms with van der Waals surface area (Å²) in [7, 11) is 0. The molecule has 1 aromatic carbocycles. The van der Waals surface area contributed by atoms with Crippen molar-refractivity contribution in [2.24, 2.45) is 5.11 Å². The lowest BCUT2D eigenvalue weighted by atomic mass is 9.93. The summed E-state index contributed by atoms with van der Waals surface area (Å²) in [6, 6.07) is 9.99. The molecule has 1 atom stereocenters. The van der Waals surface area contributed by atoms with Crippen molar-refractivity contribution in [1.82, 2.24) is 5.32 Å². The molecule has 6 heteroatoms. The minimum Gasteiger partial charge on any atom is -0.465 e. The average Bonchev–Trinajstić information content (AvgIpc) is 2.51. The summed E-state index contributed by atoms with van der Waals surface area (Å²) in [5.41, 5.74) is 8.67. The molecule has 0 aliphatic rings. The number of carbonyl (C=O) groups is 1. The number of carbonyl (C=O) groups excluding carboxylic acids is 1. The van der Waals surface area contributed by atoms with Gasteiger partial charge in [0, 0.05) is 18.0 Å². The molecule has 0 spiro atoms. The molecule has 0 fully saturated rings. The normalized spacial score (nSPS) is 13.0. The third-order valence-corrected chi connectivity index (χ3v) is 3.27. The molecule has 1 N–H and O–H groups in total. The number of nitrogens with one attached hydrogen (secondary N) is 1. The fourth-order valence-electron chi connectivity index (χ4n) is 2.02. The molecule has 0 aromatic heterocycles. The van der Waals surface area contributed by atoms with E-state index < -0.39 is 5.54 Å². The van der Waals surface area contributed by atoms with Crippen LogP contribution >= 0.6 is 0 Å². The van der Waals surface area contributed by atoms with E-state index in [9.17, 15) is 4.79 Å². The highest BCUT2D eigenvalue weighted by atomic mass is 16.5. The first-order chi connectivity index (χ1) is 10.1. The van der Waals surface area contributed by atoms with Gasteiger partial charge in [-0.05, 0) is 37.8 Å². The monoisotopic (exact) mass is 290 g/mol. The van der Waals surface area contributed by atoms with E-state index in [0.29, 0.717) is 26.1 Å². The molecular weight excluding hydrogens is 268 g/mol. The largest absolute Gasteiger partial charge is 0.465 e. The molecule has 0 aliphatic heterocycles. The fraction of sp³-hybridized carbons (Fsp3) is 0.533. The molecule has 6 nitrogen and oxygen atoms in total. The van der Waals surface area contributed by atoms with E-state index in [0.717, 1.165) is 6.42 Å². The van der Waals surface area contributed by atoms with E-state index in [1.807, 2.05) is 37.3 Å². The first-order valence-corrected chi connectivity index (χ1v) is 7.09. The molecule has 0 amide bonds. The molecule has 0 heterocycles. The van der Waals surface area contributed by atoms with Gasteiger partial charge in [-0.15, -0.1) is 0 Å². The maximum Gasteiger partial charge on any atom is 0.326 e. The number of azide groups is 1. The van der Waals surface area contributed by atoms with E-state index in [-0.39, 0.29) is 5.97 Å². The number of nitrogens with zero attached hydrogens (tertiary/aromatic N) is 3. The van der Waals surface area contributed by atoms with Crippen LogP contribution in [0.4, 0.5) is 0 Å². The second-order valence-electron chi connectivity index (χ2n) is 4.92. The number of aryl methyl sites for hydroxylation is 1. The topological polar surface area (TPSA) is 87.1 Å². The second kappa shape index (κ2) is 9.00. The SMILES string of the molecule is CCOC(=O)C(C)(CCc1ccccc1)NCCN=[N+]=[N-]. The van der Waals surface area contributed by atoms with Crippen molar-refractivity contribution in [1.29, 1.82) is 0 Å². The van der Waals surface area contributed by atoms with Gasteiger partial charge in [0.1, 0.15) is 5.54 Å². The van der Waals surface area contributed by atoms with Crippen molar-refractivity contribution >= 4 is 5.97 Å². The van der Waals surface area contributed by atoms with Crippen LogP contribution in [0.1, 0.15) is 25.8 Å². The third-order valence-electron chi connectivity index (χ3n) is 3.27. The minimum absolute atomic E-state index is 0.276. The fourth-order valence-corrected chi connectivity index (χ4v) is 2.02. The van der Waals surface area contributed by atoms with Crippen molar-refractivity contribution in [2.75, 3.05) is 19.7 Å². The average molecular weight is 290 g/mol. The minimum atomic E-state index is -0.781. The van der Waals surface area contributed by atoms with Crippen LogP contribution in [0.5, 0.6) is 0 Å². The molecule has 0 bridgehead atoms. The zero-order valence-electron chi connectivity index (χ0n) is 12.6. The predicted octanol–water partition coefficient (Wildman–Crippen LogP) is 2.84. The van der Waals surface area contributed by atoms with E-state index in [4.69, 9.17) is 10.3 Å². The Morgan fingerprint density at radius 1 is 1.43 bits per heavy atom. The molecule has 0 aliphatic carbocycles. The van der Waals surface area contributed by atoms with Gasteiger partial charge in [0.25, 0.3) is 0 Å². The molecule has 0 radical (unpaired) electrons. The molecule has 1 aromatic rings. The first-order valence-electron chi connectivity index (χ1n) is 7.09. The van der Waals surface area contributed by atoms with Crippen LogP contribution in [-0.2, 0) is 16.0 Å². The van der Waals surface area contributed by atoms with E-state index in [1.54, 1.807) is 6.92 Å². The van der Waals surface area contributed by atoms with Crippen LogP contribution in [0.3, 0.4) is 0 Å². The van der Waals surface area contributed by atoms with Gasteiger partial charge in [-0.1, -0.05) is 35.4 Å². The molecular formula is C15H22N4O2. The van der Waals surface area contributed by atoms with Crippen LogP contribution in [0.15, 0.2) is 35.4 Å². The first kappa shape index (κ1) is 17.0. The number of ether oxygens (including phenoxy) is 1. The van der Waals surface area contributed by atoms with Crippen molar-refractivity contribution in [3.05, 3.63) is 46.3 Å². The summed E-state index contributed by atoms with van der Waals surface area (Å²) in [5, 5.41) is 6.61. The van der Waals surface area contributed by atoms with Gasteiger partial charge in [0.05, 0.1) is 6.61 Å². The number of esters is 1. The zero-order valence-corrected chi connectivity index (χ0v) is 12.6. The lowest BCUT2D eigenvalue weighted by Crippen LogP contribution is -2.51. The van der Waals surface area contributed by atoms with Gasteiger partial charge in [-0.2, -0.15) is 0 Å². The van der Waals surface area contributed by atoms with Crippen molar-refractivity contribution < 1.29 is 9.53 Å². The zero-order chi connectivity index (χ0) is 15.6. The van der Waals surface area contributed by atoms with Crippen molar-refractivity contribution in [2.45, 2.75) is 32.2 Å². The Morgan fingerprint density at radius 3 is 2.76 bits per heavy atom. The van der Waals surface area contributed by atoms with E-state index in [1.165, 1.54) is 5.56 Å². The summed E-state index contributed by atoms with van der Waals surface area (Å²) >= 11 is 0. The Bertz CT molecular complexity index is 486. The Hall–Kier alpha value is -2.04. The lowest BCUT2D eigenvalue weighted by Gasteiger charge is -2.28. The van der Waals surface area contributed by atoms with Gasteiger partial charge < -0.3 is 10.1 Å². The summed E-state index contributed by atoms with van der Waals surface area (Å²) in [6.07, 6.45) is 1.39. The highest BCUT2D eigenvalue weighted by Gasteiger charge is 2.33. The van der Waals surface area contributed by atoms with Crippen LogP contribution in [0, 0.1) is 0 Å². The smallest absolute Gasteiger partial charge is 0.326 e. The van der Waals surface area contributed by atoms with Crippen LogP contribution in [0.2, 0.25) is 0 Å². The summed E-state index contributed by atoms with van der Waals surface area (Å²) in [5.74, 6) is -0.276. The number of hydrogen-bond donors (Lipinski definition) is 1. The standard InChI is InChI=1S/C15H22N4O2/c1-3-21-14(20)15(2,17-11-12-18-19-16)10-9-13-7-5-4-6-8-13/h4-8,17H,3,9-12H2,1-2H3. The number of rotatable bonds is 9. The third kappa shape index (κ3) is 5.85. The van der Waals surface area contributed by atoms with E-state index in [2.05, 4.69) is 15.3 Å². The summed E-state index contributed by atoms with van der Waals surface area (Å²) in [4.78, 5) is 14.9. The molecule has 0 saturated carbocycles. The number of hydrogen-bond acceptors (Lipinski definition) is 4. The lowest BCUT2D eigenvalue weighted by molar-refractivity contribution is -0.150. The predicted molar refractivity (Wildman–Crippen MR) is 81.8 cm³/mol. The van der Waals surface area contributed by atoms with Gasteiger partial charge >= 0.3 is 5.97 Å². The highest BCUT2D eigenvalue weighted by Crippen LogP contribution is 2.16. The van der Waals surface area contributed by atoms with E-state index >= 15 is 0 Å². The second-order valence-corrected chi connectivity index (χ2v) is 4.92. The van der Waals surface area contributed by atoms with Crippen molar-refractivity contribution in [3.63, 3.8) is 0 Å². The molecule has 0 saturated heterocycles. The summed E-state index contributed by atoms with van der Waals surface area (Å²) in [6.45, 7) is 4.70. The van der Waals surface area contributed by atoms with Crippen LogP contribution in [-0.4, -0.2) is 31.2 Å². The molecule has 114 valence electrons. The Labute approximate surface area is 125 Å². The molecule has 1 rings (SSSR count). The maximum absolute atomic E-state index is 12.2. The summed E-state index contributed by atoms with van der Waals surface area (Å²) < 4.78 is 5.15. The number of benzene rings is 1. The molecule has 21 heavy (non-hydrogen) atoms. The van der Waals surface area contributed by atoms with Crippen LogP contribution < -0.4 is 5.32 Å². The van der Waals surface area contributed by atoms with Gasteiger partial charge in [-0.3, -0.25) is 4.79 Å².